The summed E-state index contributed by atoms with van der Waals surface area (Å²) in [6.07, 6.45) is 2.92. The molecule has 9 nitrogen and oxygen atoms in total. The van der Waals surface area contributed by atoms with Crippen molar-refractivity contribution >= 4 is 45.3 Å². The number of amides is 1. The van der Waals surface area contributed by atoms with E-state index in [-0.39, 0.29) is 39.4 Å². The standard InChI is InChI=1S/C35H43BN4O5P/c1-38(2)28-21(17-40-12-10-19(11-13-40)18-8-6-5-7-9-18)16-24(41)26-22(28)14-20-15-23-29(39(3)4)31(43)27(34(37)45)32(36)35(23,46)33(44)25(20)30(26)42/h5-9,16,19-20,23,29,41-43H,10-15,17,46H2,1-4H3,(H2,37,45)/t20-,23-,29-,35+/m0/s1. The number of aromatic hydroxyl groups is 1. The summed E-state index contributed by atoms with van der Waals surface area (Å²) in [5.74, 6) is -2.34. The molecule has 1 saturated heterocycles. The van der Waals surface area contributed by atoms with E-state index in [0.29, 0.717) is 25.3 Å². The summed E-state index contributed by atoms with van der Waals surface area (Å²) in [6, 6.07) is 11.7. The van der Waals surface area contributed by atoms with Crippen LogP contribution >= 0.6 is 9.24 Å². The molecule has 2 fully saturated rings. The average Bonchev–Trinajstić information content (AvgIpc) is 2.99. The van der Waals surface area contributed by atoms with Crippen molar-refractivity contribution in [2.75, 3.05) is 46.2 Å². The molecule has 0 bridgehead atoms. The predicted octanol–water partition coefficient (Wildman–Crippen LogP) is 3.06. The third-order valence-electron chi connectivity index (χ3n) is 10.7. The van der Waals surface area contributed by atoms with E-state index in [1.54, 1.807) is 25.1 Å². The second-order valence-electron chi connectivity index (χ2n) is 13.8. The van der Waals surface area contributed by atoms with Gasteiger partial charge in [-0.2, -0.15) is 0 Å². The Hall–Kier alpha value is -3.46. The summed E-state index contributed by atoms with van der Waals surface area (Å²) < 4.78 is 0. The number of Topliss-reactive ketones (excluding diaryl/α,β-unsaturated/α-hetero) is 1. The molecule has 0 spiro atoms. The van der Waals surface area contributed by atoms with Crippen molar-refractivity contribution in [2.45, 2.75) is 49.3 Å². The molecule has 0 aromatic heterocycles. The second kappa shape index (κ2) is 12.0. The van der Waals surface area contributed by atoms with Crippen LogP contribution in [-0.4, -0.2) is 102 Å². The molecule has 1 aliphatic heterocycles. The van der Waals surface area contributed by atoms with Gasteiger partial charge < -0.3 is 0 Å². The number of allylic oxidation sites excluding steroid dienone is 1. The predicted molar refractivity (Wildman–Crippen MR) is 186 cm³/mol. The maximum absolute atomic E-state index is 14.5. The molecule has 5 N–H and O–H groups in total. The molecule has 1 amide bonds. The second-order valence-corrected chi connectivity index (χ2v) is 14.7. The fourth-order valence-electron chi connectivity index (χ4n) is 8.60. The molecule has 3 aliphatic carbocycles. The maximum atomic E-state index is 14.5. The molecule has 4 aliphatic rings. The van der Waals surface area contributed by atoms with Gasteiger partial charge >= 0.3 is 220 Å². The fraction of sp³-hybridized carbons (Fsp3) is 0.457. The molecule has 11 heteroatoms. The molecule has 46 heavy (non-hydrogen) atoms. The van der Waals surface area contributed by atoms with E-state index in [2.05, 4.69) is 38.4 Å². The number of rotatable bonds is 6. The number of nitrogens with two attached hydrogens (primary N) is 1. The van der Waals surface area contributed by atoms with Crippen LogP contribution in [0.5, 0.6) is 5.75 Å². The number of hydrogen-bond donors (Lipinski definition) is 4. The van der Waals surface area contributed by atoms with Gasteiger partial charge in [0.05, 0.1) is 0 Å². The van der Waals surface area contributed by atoms with Gasteiger partial charge in [-0.15, -0.1) is 0 Å². The molecule has 5 atom stereocenters. The Labute approximate surface area is 274 Å². The number of benzene rings is 2. The molecule has 1 unspecified atom stereocenters. The van der Waals surface area contributed by atoms with Gasteiger partial charge in [0.25, 0.3) is 0 Å². The molecule has 1 saturated carbocycles. The number of aliphatic hydroxyl groups excluding tert-OH is 2. The summed E-state index contributed by atoms with van der Waals surface area (Å²) >= 11 is 0. The number of likely N-dealkylation sites (tertiary alicyclic amines) is 1. The minimum absolute atomic E-state index is 0.0759. The summed E-state index contributed by atoms with van der Waals surface area (Å²) in [5, 5.41) is 33.0. The zero-order valence-corrected chi connectivity index (χ0v) is 28.1. The number of carbonyl (C=O) groups excluding carboxylic acids is 2. The van der Waals surface area contributed by atoms with Crippen LogP contribution in [0.1, 0.15) is 47.4 Å². The van der Waals surface area contributed by atoms with Gasteiger partial charge in [0.2, 0.25) is 0 Å². The summed E-state index contributed by atoms with van der Waals surface area (Å²) in [4.78, 5) is 33.1. The first-order chi connectivity index (χ1) is 21.8. The number of nitrogens with zero attached hydrogens (tertiary/aromatic N) is 3. The van der Waals surface area contributed by atoms with Gasteiger partial charge in [-0.25, -0.2) is 0 Å². The monoisotopic (exact) mass is 641 g/mol. The van der Waals surface area contributed by atoms with Gasteiger partial charge in [0.15, 0.2) is 0 Å². The molecular weight excluding hydrogens is 598 g/mol. The van der Waals surface area contributed by atoms with E-state index in [1.807, 2.05) is 25.1 Å². The Morgan fingerprint density at radius 1 is 1.09 bits per heavy atom. The number of anilines is 1. The Bertz CT molecular complexity index is 1680. The third kappa shape index (κ3) is 5.01. The van der Waals surface area contributed by atoms with Crippen LogP contribution in [-0.2, 0) is 22.6 Å². The van der Waals surface area contributed by atoms with E-state index in [4.69, 9.17) is 13.2 Å². The number of phenolic OH excluding ortho intramolecular Hbond substituents is 1. The third-order valence-corrected chi connectivity index (χ3v) is 11.7. The minimum atomic E-state index is -1.48. The number of primary amides is 1. The molecular formula is C35H43BN4O5P. The van der Waals surface area contributed by atoms with E-state index in [1.165, 1.54) is 5.56 Å². The van der Waals surface area contributed by atoms with Crippen molar-refractivity contribution in [2.24, 2.45) is 17.6 Å². The molecule has 1 heterocycles. The first-order valence-corrected chi connectivity index (χ1v) is 16.5. The number of aliphatic hydroxyl groups is 2. The van der Waals surface area contributed by atoms with Crippen molar-refractivity contribution in [1.82, 2.24) is 9.80 Å². The molecule has 6 rings (SSSR count). The Morgan fingerprint density at radius 3 is 2.33 bits per heavy atom. The normalized spacial score (nSPS) is 27.0. The van der Waals surface area contributed by atoms with Gasteiger partial charge in [-0.05, 0) is 24.3 Å². The Morgan fingerprint density at radius 2 is 1.74 bits per heavy atom. The first-order valence-electron chi connectivity index (χ1n) is 15.9. The zero-order valence-electron chi connectivity index (χ0n) is 27.0. The number of fused-ring (bicyclic) bond motifs is 3. The van der Waals surface area contributed by atoms with Crippen LogP contribution in [0.3, 0.4) is 0 Å². The van der Waals surface area contributed by atoms with Crippen LogP contribution in [0.15, 0.2) is 53.3 Å². The number of hydrogen-bond acceptors (Lipinski definition) is 8. The SMILES string of the molecule is [B]=C1C(C(N)=O)=C(O)[C@@H](N(C)C)[C@@H]2C[C@@H]3Cc4c(c(O)cc(CN5CCC(c6ccccc6)CC5)c4N(C)C)C(O)=C3C(=O)[C@]12P. The molecule has 2 aromatic rings. The summed E-state index contributed by atoms with van der Waals surface area (Å²) in [6.45, 7) is 2.52. The number of piperidine rings is 1. The van der Waals surface area contributed by atoms with E-state index in [9.17, 15) is 24.9 Å². The Kier molecular flexibility index (Phi) is 8.45. The molecule has 1 radical (unpaired) electrons. The van der Waals surface area contributed by atoms with Crippen molar-refractivity contribution in [3.05, 3.63) is 75.6 Å². The quantitative estimate of drug-likeness (QED) is 0.280. The van der Waals surface area contributed by atoms with Crippen molar-refractivity contribution in [1.29, 1.82) is 0 Å². The van der Waals surface area contributed by atoms with E-state index >= 15 is 0 Å². The van der Waals surface area contributed by atoms with Gasteiger partial charge in [-0.1, -0.05) is 30.3 Å². The van der Waals surface area contributed by atoms with Crippen LogP contribution in [0.2, 0.25) is 0 Å². The number of ketones is 1. The van der Waals surface area contributed by atoms with Gasteiger partial charge in [0.1, 0.15) is 0 Å². The summed E-state index contributed by atoms with van der Waals surface area (Å²) in [5.41, 5.74) is 9.76. The molecule has 2 aromatic carbocycles. The van der Waals surface area contributed by atoms with Gasteiger partial charge in [0, 0.05) is 0 Å². The molecule has 241 valence electrons. The average molecular weight is 642 g/mol. The first kappa shape index (κ1) is 32.5. The fourth-order valence-corrected chi connectivity index (χ4v) is 9.22. The van der Waals surface area contributed by atoms with Crippen molar-refractivity contribution in [3.63, 3.8) is 0 Å². The van der Waals surface area contributed by atoms with Crippen LogP contribution < -0.4 is 10.6 Å². The van der Waals surface area contributed by atoms with Crippen molar-refractivity contribution in [3.8, 4) is 5.75 Å². The number of carbonyl (C=O) groups is 2. The zero-order chi connectivity index (χ0) is 33.2. The topological polar surface area (TPSA) is 131 Å². The Balaban J connectivity index is 1.38. The van der Waals surface area contributed by atoms with Crippen LogP contribution in [0.25, 0.3) is 5.76 Å². The van der Waals surface area contributed by atoms with Gasteiger partial charge in [-0.3, -0.25) is 0 Å². The van der Waals surface area contributed by atoms with Crippen LogP contribution in [0, 0.1) is 11.8 Å². The number of phenols is 1. The van der Waals surface area contributed by atoms with E-state index in [0.717, 1.165) is 42.7 Å². The summed E-state index contributed by atoms with van der Waals surface area (Å²) in [7, 11) is 16.5. The van der Waals surface area contributed by atoms with Crippen LogP contribution in [0.4, 0.5) is 5.69 Å². The number of likely N-dealkylation sites (N-methyl/N-ethyl adjacent to an activating group) is 1. The van der Waals surface area contributed by atoms with Crippen molar-refractivity contribution < 1.29 is 24.9 Å². The van der Waals surface area contributed by atoms with E-state index < -0.39 is 34.7 Å².